The van der Waals surface area contributed by atoms with Gasteiger partial charge in [0, 0.05) is 22.9 Å². The lowest BCUT2D eigenvalue weighted by Crippen LogP contribution is -2.20. The molecule has 166 valence electrons. The Bertz CT molecular complexity index is 1270. The fourth-order valence-electron chi connectivity index (χ4n) is 3.21. The standard InChI is InChI=1S/C24H19N3O6/c1-29-18-7-2-15(3-8-18)23-26-24(33-27-23)16-4-9-19(10-5-16)30-13-22(28)25-17-6-11-20-21(12-17)32-14-31-20/h2-12H,13-14H2,1H3,(H,25,28). The maximum absolute atomic E-state index is 12.2. The minimum absolute atomic E-state index is 0.143. The van der Waals surface area contributed by atoms with E-state index >= 15 is 0 Å². The monoisotopic (exact) mass is 445 g/mol. The molecule has 9 nitrogen and oxygen atoms in total. The molecule has 1 aliphatic heterocycles. The van der Waals surface area contributed by atoms with Crippen molar-refractivity contribution in [3.8, 4) is 45.8 Å². The van der Waals surface area contributed by atoms with Gasteiger partial charge >= 0.3 is 0 Å². The molecule has 0 radical (unpaired) electrons. The maximum Gasteiger partial charge on any atom is 0.262 e. The smallest absolute Gasteiger partial charge is 0.262 e. The summed E-state index contributed by atoms with van der Waals surface area (Å²) in [5.74, 6) is 3.11. The predicted octanol–water partition coefficient (Wildman–Crippen LogP) is 4.16. The van der Waals surface area contributed by atoms with Crippen LogP contribution in [0.15, 0.2) is 71.3 Å². The highest BCUT2D eigenvalue weighted by atomic mass is 16.7. The van der Waals surface area contributed by atoms with Crippen LogP contribution in [0.4, 0.5) is 5.69 Å². The summed E-state index contributed by atoms with van der Waals surface area (Å²) in [5, 5.41) is 6.80. The number of hydrogen-bond donors (Lipinski definition) is 1. The van der Waals surface area contributed by atoms with E-state index in [-0.39, 0.29) is 19.3 Å². The van der Waals surface area contributed by atoms with Gasteiger partial charge < -0.3 is 28.8 Å². The number of benzene rings is 3. The summed E-state index contributed by atoms with van der Waals surface area (Å²) < 4.78 is 26.7. The fraction of sp³-hybridized carbons (Fsp3) is 0.125. The lowest BCUT2D eigenvalue weighted by Gasteiger charge is -2.08. The zero-order valence-corrected chi connectivity index (χ0v) is 17.6. The van der Waals surface area contributed by atoms with Crippen molar-refractivity contribution in [3.05, 3.63) is 66.7 Å². The fourth-order valence-corrected chi connectivity index (χ4v) is 3.21. The van der Waals surface area contributed by atoms with Crippen LogP contribution in [0.25, 0.3) is 22.8 Å². The van der Waals surface area contributed by atoms with Crippen LogP contribution in [-0.2, 0) is 4.79 Å². The van der Waals surface area contributed by atoms with Crippen LogP contribution >= 0.6 is 0 Å². The van der Waals surface area contributed by atoms with Crippen LogP contribution in [0, 0.1) is 0 Å². The summed E-state index contributed by atoms with van der Waals surface area (Å²) in [4.78, 5) is 16.6. The summed E-state index contributed by atoms with van der Waals surface area (Å²) in [5.41, 5.74) is 2.16. The third-order valence-electron chi connectivity index (χ3n) is 4.90. The average Bonchev–Trinajstić information content (AvgIpc) is 3.53. The van der Waals surface area contributed by atoms with Gasteiger partial charge in [0.25, 0.3) is 11.8 Å². The Morgan fingerprint density at radius 1 is 0.939 bits per heavy atom. The first kappa shape index (κ1) is 20.4. The second kappa shape index (κ2) is 8.91. The Morgan fingerprint density at radius 2 is 1.67 bits per heavy atom. The molecule has 9 heteroatoms. The van der Waals surface area contributed by atoms with E-state index in [2.05, 4.69) is 15.5 Å². The maximum atomic E-state index is 12.2. The number of rotatable bonds is 7. The van der Waals surface area contributed by atoms with E-state index in [0.29, 0.717) is 34.7 Å². The number of ether oxygens (including phenoxy) is 4. The van der Waals surface area contributed by atoms with Crippen LogP contribution in [0.2, 0.25) is 0 Å². The van der Waals surface area contributed by atoms with Gasteiger partial charge in [-0.1, -0.05) is 5.16 Å². The lowest BCUT2D eigenvalue weighted by atomic mass is 10.2. The minimum Gasteiger partial charge on any atom is -0.497 e. The highest BCUT2D eigenvalue weighted by Gasteiger charge is 2.15. The molecule has 33 heavy (non-hydrogen) atoms. The number of anilines is 1. The van der Waals surface area contributed by atoms with E-state index in [1.54, 1.807) is 49.6 Å². The summed E-state index contributed by atoms with van der Waals surface area (Å²) in [6.45, 7) is 0.0359. The molecule has 1 amide bonds. The molecular weight excluding hydrogens is 426 g/mol. The van der Waals surface area contributed by atoms with Gasteiger partial charge in [-0.2, -0.15) is 4.98 Å². The van der Waals surface area contributed by atoms with E-state index in [1.165, 1.54) is 0 Å². The largest absolute Gasteiger partial charge is 0.497 e. The summed E-state index contributed by atoms with van der Waals surface area (Å²) in [6, 6.07) is 19.6. The van der Waals surface area contributed by atoms with E-state index in [4.69, 9.17) is 23.5 Å². The molecule has 0 saturated heterocycles. The first-order valence-electron chi connectivity index (χ1n) is 10.1. The van der Waals surface area contributed by atoms with Gasteiger partial charge in [-0.25, -0.2) is 0 Å². The number of amides is 1. The van der Waals surface area contributed by atoms with Crippen molar-refractivity contribution < 1.29 is 28.3 Å². The molecule has 1 aliphatic rings. The number of hydrogen-bond acceptors (Lipinski definition) is 8. The molecule has 0 unspecified atom stereocenters. The van der Waals surface area contributed by atoms with Crippen LogP contribution in [0.5, 0.6) is 23.0 Å². The molecular formula is C24H19N3O6. The van der Waals surface area contributed by atoms with Crippen molar-refractivity contribution in [1.29, 1.82) is 0 Å². The highest BCUT2D eigenvalue weighted by Crippen LogP contribution is 2.34. The van der Waals surface area contributed by atoms with E-state index in [1.807, 2.05) is 24.3 Å². The van der Waals surface area contributed by atoms with Gasteiger partial charge in [-0.15, -0.1) is 0 Å². The van der Waals surface area contributed by atoms with Crippen LogP contribution in [-0.4, -0.2) is 36.6 Å². The van der Waals surface area contributed by atoms with Crippen molar-refractivity contribution in [3.63, 3.8) is 0 Å². The second-order valence-corrected chi connectivity index (χ2v) is 7.08. The molecule has 1 N–H and O–H groups in total. The van der Waals surface area contributed by atoms with Crippen molar-refractivity contribution in [2.75, 3.05) is 25.8 Å². The quantitative estimate of drug-likeness (QED) is 0.452. The first-order chi connectivity index (χ1) is 16.2. The van der Waals surface area contributed by atoms with Crippen molar-refractivity contribution in [1.82, 2.24) is 10.1 Å². The molecule has 1 aromatic heterocycles. The second-order valence-electron chi connectivity index (χ2n) is 7.08. The average molecular weight is 445 g/mol. The van der Waals surface area contributed by atoms with E-state index in [9.17, 15) is 4.79 Å². The molecule has 0 saturated carbocycles. The Morgan fingerprint density at radius 3 is 2.45 bits per heavy atom. The molecule has 2 heterocycles. The predicted molar refractivity (Wildman–Crippen MR) is 118 cm³/mol. The Labute approximate surface area is 188 Å². The van der Waals surface area contributed by atoms with Gasteiger partial charge in [-0.3, -0.25) is 4.79 Å². The molecule has 0 spiro atoms. The number of fused-ring (bicyclic) bond motifs is 1. The van der Waals surface area contributed by atoms with E-state index in [0.717, 1.165) is 16.9 Å². The third-order valence-corrected chi connectivity index (χ3v) is 4.90. The number of nitrogens with zero attached hydrogens (tertiary/aromatic N) is 2. The topological polar surface area (TPSA) is 105 Å². The van der Waals surface area contributed by atoms with Crippen LogP contribution in [0.3, 0.4) is 0 Å². The van der Waals surface area contributed by atoms with Gasteiger partial charge in [0.2, 0.25) is 12.6 Å². The van der Waals surface area contributed by atoms with Gasteiger partial charge in [0.1, 0.15) is 11.5 Å². The van der Waals surface area contributed by atoms with Gasteiger partial charge in [-0.05, 0) is 60.7 Å². The summed E-state index contributed by atoms with van der Waals surface area (Å²) >= 11 is 0. The third kappa shape index (κ3) is 4.57. The Kier molecular flexibility index (Phi) is 5.50. The molecule has 0 atom stereocenters. The SMILES string of the molecule is COc1ccc(-c2noc(-c3ccc(OCC(=O)Nc4ccc5c(c4)OCO5)cc3)n2)cc1. The number of nitrogens with one attached hydrogen (secondary N) is 1. The van der Waals surface area contributed by atoms with Crippen molar-refractivity contribution in [2.24, 2.45) is 0 Å². The Hall–Kier alpha value is -4.53. The summed E-state index contributed by atoms with van der Waals surface area (Å²) in [6.07, 6.45) is 0. The number of methoxy groups -OCH3 is 1. The minimum atomic E-state index is -0.293. The van der Waals surface area contributed by atoms with Gasteiger partial charge in [0.15, 0.2) is 18.1 Å². The molecule has 0 aliphatic carbocycles. The number of aromatic nitrogens is 2. The molecule has 5 rings (SSSR count). The van der Waals surface area contributed by atoms with Gasteiger partial charge in [0.05, 0.1) is 7.11 Å². The highest BCUT2D eigenvalue weighted by molar-refractivity contribution is 5.92. The Balaban J connectivity index is 1.17. The zero-order valence-electron chi connectivity index (χ0n) is 17.6. The first-order valence-corrected chi connectivity index (χ1v) is 10.1. The number of carbonyl (C=O) groups excluding carboxylic acids is 1. The zero-order chi connectivity index (χ0) is 22.6. The van der Waals surface area contributed by atoms with E-state index < -0.39 is 0 Å². The number of carbonyl (C=O) groups is 1. The molecule has 0 bridgehead atoms. The molecule has 4 aromatic rings. The lowest BCUT2D eigenvalue weighted by molar-refractivity contribution is -0.118. The molecule has 0 fully saturated rings. The van der Waals surface area contributed by atoms with Crippen molar-refractivity contribution in [2.45, 2.75) is 0 Å². The van der Waals surface area contributed by atoms with Crippen molar-refractivity contribution >= 4 is 11.6 Å². The molecule has 3 aromatic carbocycles. The van der Waals surface area contributed by atoms with Crippen LogP contribution in [0.1, 0.15) is 0 Å². The summed E-state index contributed by atoms with van der Waals surface area (Å²) in [7, 11) is 1.61. The van der Waals surface area contributed by atoms with Crippen LogP contribution < -0.4 is 24.3 Å². The normalized spacial score (nSPS) is 11.8.